The summed E-state index contributed by atoms with van der Waals surface area (Å²) in [4.78, 5) is 0. The van der Waals surface area contributed by atoms with E-state index in [1.807, 2.05) is 13.8 Å². The van der Waals surface area contributed by atoms with Gasteiger partial charge in [-0.1, -0.05) is 13.8 Å². The van der Waals surface area contributed by atoms with Gasteiger partial charge in [-0.3, -0.25) is 0 Å². The molecule has 0 radical (unpaired) electrons. The Morgan fingerprint density at radius 2 is 1.64 bits per heavy atom. The third kappa shape index (κ3) is 2.07. The number of rotatable bonds is 2. The predicted octanol–water partition coefficient (Wildman–Crippen LogP) is -1.52. The van der Waals surface area contributed by atoms with Crippen molar-refractivity contribution >= 4 is 0 Å². The number of aliphatic hydroxyl groups is 4. The van der Waals surface area contributed by atoms with Crippen LogP contribution in [0.2, 0.25) is 0 Å². The molecule has 5 heteroatoms. The molecule has 0 aromatic rings. The molecule has 0 aliphatic carbocycles. The molecule has 0 saturated carbocycles. The molecule has 14 heavy (non-hydrogen) atoms. The SMILES string of the molecule is CC(C)[C@H]1OC(CO)[C@@H](O)C(O)C1O. The number of hydrogen-bond acceptors (Lipinski definition) is 5. The summed E-state index contributed by atoms with van der Waals surface area (Å²) in [5.41, 5.74) is 0. The Hall–Kier alpha value is -0.200. The second kappa shape index (κ2) is 4.55. The third-order valence-corrected chi connectivity index (χ3v) is 2.59. The van der Waals surface area contributed by atoms with Crippen LogP contribution in [0, 0.1) is 5.92 Å². The molecule has 0 bridgehead atoms. The summed E-state index contributed by atoms with van der Waals surface area (Å²) >= 11 is 0. The van der Waals surface area contributed by atoms with Gasteiger partial charge in [0.05, 0.1) is 12.7 Å². The van der Waals surface area contributed by atoms with Crippen molar-refractivity contribution in [3.8, 4) is 0 Å². The fraction of sp³-hybridized carbons (Fsp3) is 1.00. The summed E-state index contributed by atoms with van der Waals surface area (Å²) < 4.78 is 5.28. The maximum Gasteiger partial charge on any atom is 0.111 e. The lowest BCUT2D eigenvalue weighted by Gasteiger charge is -2.41. The van der Waals surface area contributed by atoms with Gasteiger partial charge in [-0.2, -0.15) is 0 Å². The van der Waals surface area contributed by atoms with Crippen LogP contribution in [0.5, 0.6) is 0 Å². The van der Waals surface area contributed by atoms with E-state index in [1.165, 1.54) is 0 Å². The van der Waals surface area contributed by atoms with Gasteiger partial charge in [-0.25, -0.2) is 0 Å². The molecule has 0 spiro atoms. The predicted molar refractivity (Wildman–Crippen MR) is 48.6 cm³/mol. The summed E-state index contributed by atoms with van der Waals surface area (Å²) in [6.07, 6.45) is -4.96. The summed E-state index contributed by atoms with van der Waals surface area (Å²) in [6, 6.07) is 0. The second-order valence-electron chi connectivity index (χ2n) is 4.04. The van der Waals surface area contributed by atoms with Gasteiger partial charge in [-0.15, -0.1) is 0 Å². The molecule has 4 N–H and O–H groups in total. The molecule has 1 saturated heterocycles. The number of hydrogen-bond donors (Lipinski definition) is 4. The molecule has 1 heterocycles. The van der Waals surface area contributed by atoms with Crippen LogP contribution < -0.4 is 0 Å². The van der Waals surface area contributed by atoms with Crippen molar-refractivity contribution in [2.24, 2.45) is 5.92 Å². The third-order valence-electron chi connectivity index (χ3n) is 2.59. The van der Waals surface area contributed by atoms with Crippen LogP contribution in [0.4, 0.5) is 0 Å². The lowest BCUT2D eigenvalue weighted by Crippen LogP contribution is -2.59. The van der Waals surface area contributed by atoms with Gasteiger partial charge in [0, 0.05) is 0 Å². The van der Waals surface area contributed by atoms with Crippen molar-refractivity contribution in [2.45, 2.75) is 44.4 Å². The molecule has 1 rings (SSSR count). The largest absolute Gasteiger partial charge is 0.394 e. The Morgan fingerprint density at radius 1 is 1.07 bits per heavy atom. The van der Waals surface area contributed by atoms with Crippen molar-refractivity contribution in [3.63, 3.8) is 0 Å². The van der Waals surface area contributed by atoms with Crippen LogP contribution in [-0.2, 0) is 4.74 Å². The zero-order chi connectivity index (χ0) is 10.9. The van der Waals surface area contributed by atoms with Crippen LogP contribution in [0.15, 0.2) is 0 Å². The van der Waals surface area contributed by atoms with Gasteiger partial charge in [0.25, 0.3) is 0 Å². The van der Waals surface area contributed by atoms with E-state index in [0.717, 1.165) is 0 Å². The first kappa shape index (κ1) is 11.9. The summed E-state index contributed by atoms with van der Waals surface area (Å²) in [5.74, 6) is 0.0150. The lowest BCUT2D eigenvalue weighted by molar-refractivity contribution is -0.238. The molecule has 0 aromatic carbocycles. The van der Waals surface area contributed by atoms with Gasteiger partial charge < -0.3 is 25.2 Å². The fourth-order valence-corrected chi connectivity index (χ4v) is 1.68. The summed E-state index contributed by atoms with van der Waals surface area (Å²) in [7, 11) is 0. The molecule has 0 aromatic heterocycles. The van der Waals surface area contributed by atoms with E-state index in [1.54, 1.807) is 0 Å². The Bertz CT molecular complexity index is 182. The monoisotopic (exact) mass is 206 g/mol. The van der Waals surface area contributed by atoms with E-state index in [9.17, 15) is 15.3 Å². The van der Waals surface area contributed by atoms with Gasteiger partial charge in [0.1, 0.15) is 24.4 Å². The van der Waals surface area contributed by atoms with Crippen LogP contribution in [0.25, 0.3) is 0 Å². The molecular weight excluding hydrogens is 188 g/mol. The number of ether oxygens (including phenoxy) is 1. The lowest BCUT2D eigenvalue weighted by atomic mass is 9.90. The molecule has 0 amide bonds. The van der Waals surface area contributed by atoms with Crippen molar-refractivity contribution in [2.75, 3.05) is 6.61 Å². The minimum Gasteiger partial charge on any atom is -0.394 e. The van der Waals surface area contributed by atoms with Crippen molar-refractivity contribution in [3.05, 3.63) is 0 Å². The zero-order valence-electron chi connectivity index (χ0n) is 8.37. The van der Waals surface area contributed by atoms with Crippen LogP contribution in [0.3, 0.4) is 0 Å². The van der Waals surface area contributed by atoms with Gasteiger partial charge in [0.15, 0.2) is 0 Å². The molecule has 1 fully saturated rings. The second-order valence-corrected chi connectivity index (χ2v) is 4.04. The minimum atomic E-state index is -1.26. The zero-order valence-corrected chi connectivity index (χ0v) is 8.37. The molecule has 3 unspecified atom stereocenters. The number of aliphatic hydroxyl groups excluding tert-OH is 4. The van der Waals surface area contributed by atoms with Gasteiger partial charge >= 0.3 is 0 Å². The average Bonchev–Trinajstić information content (AvgIpc) is 2.14. The highest BCUT2D eigenvalue weighted by Gasteiger charge is 2.44. The van der Waals surface area contributed by atoms with Crippen molar-refractivity contribution in [1.29, 1.82) is 0 Å². The molecule has 5 atom stereocenters. The Labute approximate surface area is 82.9 Å². The highest BCUT2D eigenvalue weighted by Crippen LogP contribution is 2.25. The molecule has 5 nitrogen and oxygen atoms in total. The fourth-order valence-electron chi connectivity index (χ4n) is 1.68. The standard InChI is InChI=1S/C9H18O5/c1-4(2)9-8(13)7(12)6(11)5(3-10)14-9/h4-13H,3H2,1-2H3/t5?,6-,7?,8?,9-/m1/s1. The molecule has 1 aliphatic heterocycles. The quantitative estimate of drug-likeness (QED) is 0.441. The van der Waals surface area contributed by atoms with E-state index < -0.39 is 30.5 Å². The molecule has 84 valence electrons. The average molecular weight is 206 g/mol. The summed E-state index contributed by atoms with van der Waals surface area (Å²) in [6.45, 7) is 3.31. The highest BCUT2D eigenvalue weighted by atomic mass is 16.5. The normalized spacial score (nSPS) is 44.4. The Kier molecular flexibility index (Phi) is 3.86. The van der Waals surface area contributed by atoms with Crippen molar-refractivity contribution in [1.82, 2.24) is 0 Å². The van der Waals surface area contributed by atoms with E-state index in [-0.39, 0.29) is 12.5 Å². The van der Waals surface area contributed by atoms with Crippen molar-refractivity contribution < 1.29 is 25.2 Å². The molecule has 1 aliphatic rings. The molecular formula is C9H18O5. The van der Waals surface area contributed by atoms with E-state index in [0.29, 0.717) is 0 Å². The Balaban J connectivity index is 2.73. The maximum atomic E-state index is 9.57. The van der Waals surface area contributed by atoms with Crippen LogP contribution >= 0.6 is 0 Å². The highest BCUT2D eigenvalue weighted by molar-refractivity contribution is 4.92. The van der Waals surface area contributed by atoms with E-state index >= 15 is 0 Å². The van der Waals surface area contributed by atoms with Crippen LogP contribution in [0.1, 0.15) is 13.8 Å². The summed E-state index contributed by atoms with van der Waals surface area (Å²) in [5, 5.41) is 37.4. The Morgan fingerprint density at radius 3 is 2.07 bits per heavy atom. The topological polar surface area (TPSA) is 90.2 Å². The van der Waals surface area contributed by atoms with Gasteiger partial charge in [0.2, 0.25) is 0 Å². The van der Waals surface area contributed by atoms with E-state index in [2.05, 4.69) is 0 Å². The maximum absolute atomic E-state index is 9.57. The first-order valence-corrected chi connectivity index (χ1v) is 4.79. The first-order chi connectivity index (χ1) is 6.49. The first-order valence-electron chi connectivity index (χ1n) is 4.79. The van der Waals surface area contributed by atoms with E-state index in [4.69, 9.17) is 9.84 Å². The van der Waals surface area contributed by atoms with Crippen LogP contribution in [-0.4, -0.2) is 57.6 Å². The smallest absolute Gasteiger partial charge is 0.111 e. The minimum absolute atomic E-state index is 0.0150. The van der Waals surface area contributed by atoms with Gasteiger partial charge in [-0.05, 0) is 5.92 Å².